The molecule has 1 heterocycles. The fourth-order valence-corrected chi connectivity index (χ4v) is 4.17. The number of hydrogen-bond acceptors (Lipinski definition) is 6. The number of ether oxygens (including phenoxy) is 3. The van der Waals surface area contributed by atoms with Crippen molar-refractivity contribution in [3.05, 3.63) is 70.5 Å². The van der Waals surface area contributed by atoms with Gasteiger partial charge in [-0.3, -0.25) is 0 Å². The van der Waals surface area contributed by atoms with E-state index < -0.39 is 0 Å². The Labute approximate surface area is 184 Å². The fourth-order valence-electron chi connectivity index (χ4n) is 3.37. The van der Waals surface area contributed by atoms with Crippen molar-refractivity contribution in [2.24, 2.45) is 0 Å². The molecule has 6 heteroatoms. The Balaban J connectivity index is 1.71. The first-order valence-electron chi connectivity index (χ1n) is 9.53. The zero-order valence-electron chi connectivity index (χ0n) is 17.4. The Morgan fingerprint density at radius 2 is 1.65 bits per heavy atom. The number of benzene rings is 3. The van der Waals surface area contributed by atoms with Gasteiger partial charge in [-0.25, -0.2) is 4.98 Å². The van der Waals surface area contributed by atoms with E-state index in [2.05, 4.69) is 36.4 Å². The molecule has 0 fully saturated rings. The van der Waals surface area contributed by atoms with Crippen LogP contribution in [0.3, 0.4) is 0 Å². The number of allylic oxidation sites excluding steroid dienone is 1. The Morgan fingerprint density at radius 3 is 2.29 bits per heavy atom. The summed E-state index contributed by atoms with van der Waals surface area (Å²) in [4.78, 5) is 4.71. The summed E-state index contributed by atoms with van der Waals surface area (Å²) in [5, 5.41) is 14.7. The fraction of sp³-hybridized carbons (Fsp3) is 0.120. The van der Waals surface area contributed by atoms with Gasteiger partial charge in [-0.2, -0.15) is 5.26 Å². The number of thiazole rings is 1. The van der Waals surface area contributed by atoms with Crippen molar-refractivity contribution in [1.82, 2.24) is 4.98 Å². The van der Waals surface area contributed by atoms with Crippen molar-refractivity contribution in [3.63, 3.8) is 0 Å². The van der Waals surface area contributed by atoms with E-state index in [9.17, 15) is 5.26 Å². The second-order valence-corrected chi connectivity index (χ2v) is 7.59. The molecule has 3 aromatic carbocycles. The standard InChI is InChI=1S/C25H20N2O3S/c1-28-22-11-16(12-23(29-2)24(22)30-3)10-20(14-26)25-27-21(15-31-25)19-9-8-17-6-4-5-7-18(17)13-19/h4-13,15H,1-3H3. The lowest BCUT2D eigenvalue weighted by atomic mass is 10.1. The van der Waals surface area contributed by atoms with E-state index in [0.717, 1.165) is 22.2 Å². The first kappa shape index (κ1) is 20.5. The highest BCUT2D eigenvalue weighted by molar-refractivity contribution is 7.11. The van der Waals surface area contributed by atoms with E-state index >= 15 is 0 Å². The Kier molecular flexibility index (Phi) is 5.87. The second kappa shape index (κ2) is 8.90. The van der Waals surface area contributed by atoms with E-state index in [4.69, 9.17) is 19.2 Å². The SMILES string of the molecule is COc1cc(C=C(C#N)c2nc(-c3ccc4ccccc4c3)cs2)cc(OC)c1OC. The maximum atomic E-state index is 9.78. The molecule has 31 heavy (non-hydrogen) atoms. The molecule has 0 amide bonds. The zero-order chi connectivity index (χ0) is 21.8. The maximum absolute atomic E-state index is 9.78. The topological polar surface area (TPSA) is 64.4 Å². The molecule has 0 aliphatic rings. The average Bonchev–Trinajstić information content (AvgIpc) is 3.31. The lowest BCUT2D eigenvalue weighted by Gasteiger charge is -2.13. The Hall–Kier alpha value is -3.82. The van der Waals surface area contributed by atoms with Crippen LogP contribution in [-0.4, -0.2) is 26.3 Å². The zero-order valence-corrected chi connectivity index (χ0v) is 18.2. The van der Waals surface area contributed by atoms with Crippen LogP contribution in [-0.2, 0) is 0 Å². The Bertz CT molecular complexity index is 1290. The summed E-state index contributed by atoms with van der Waals surface area (Å²) in [6.45, 7) is 0. The number of fused-ring (bicyclic) bond motifs is 1. The number of hydrogen-bond donors (Lipinski definition) is 0. The molecule has 0 saturated carbocycles. The molecule has 4 rings (SSSR count). The lowest BCUT2D eigenvalue weighted by Crippen LogP contribution is -1.95. The van der Waals surface area contributed by atoms with Crippen molar-refractivity contribution < 1.29 is 14.2 Å². The molecule has 0 bridgehead atoms. The predicted octanol–water partition coefficient (Wildman–Crippen LogP) is 6.05. The van der Waals surface area contributed by atoms with E-state index in [1.54, 1.807) is 39.5 Å². The van der Waals surface area contributed by atoms with Crippen LogP contribution in [0, 0.1) is 11.3 Å². The van der Waals surface area contributed by atoms with Crippen LogP contribution in [0.25, 0.3) is 33.7 Å². The molecule has 0 radical (unpaired) electrons. The Morgan fingerprint density at radius 1 is 0.935 bits per heavy atom. The van der Waals surface area contributed by atoms with E-state index in [0.29, 0.717) is 27.8 Å². The smallest absolute Gasteiger partial charge is 0.203 e. The van der Waals surface area contributed by atoms with Gasteiger partial charge in [-0.05, 0) is 40.6 Å². The first-order valence-corrected chi connectivity index (χ1v) is 10.4. The molecule has 0 aliphatic heterocycles. The summed E-state index contributed by atoms with van der Waals surface area (Å²) in [5.41, 5.74) is 3.09. The molecule has 154 valence electrons. The summed E-state index contributed by atoms with van der Waals surface area (Å²) in [7, 11) is 4.68. The van der Waals surface area contributed by atoms with Crippen LogP contribution in [0.15, 0.2) is 60.0 Å². The quantitative estimate of drug-likeness (QED) is 0.350. The number of aromatic nitrogens is 1. The van der Waals surface area contributed by atoms with Crippen molar-refractivity contribution in [1.29, 1.82) is 5.26 Å². The van der Waals surface area contributed by atoms with Crippen molar-refractivity contribution in [2.45, 2.75) is 0 Å². The molecule has 1 aromatic heterocycles. The van der Waals surface area contributed by atoms with E-state index in [-0.39, 0.29) is 0 Å². The monoisotopic (exact) mass is 428 g/mol. The van der Waals surface area contributed by atoms with Gasteiger partial charge >= 0.3 is 0 Å². The third kappa shape index (κ3) is 4.09. The van der Waals surface area contributed by atoms with Gasteiger partial charge in [0.05, 0.1) is 32.6 Å². The van der Waals surface area contributed by atoms with Gasteiger partial charge in [0.15, 0.2) is 11.5 Å². The largest absolute Gasteiger partial charge is 0.493 e. The van der Waals surface area contributed by atoms with Gasteiger partial charge in [0, 0.05) is 10.9 Å². The van der Waals surface area contributed by atoms with E-state index in [1.165, 1.54) is 16.7 Å². The van der Waals surface area contributed by atoms with Gasteiger partial charge < -0.3 is 14.2 Å². The van der Waals surface area contributed by atoms with Crippen LogP contribution in [0.4, 0.5) is 0 Å². The highest BCUT2D eigenvalue weighted by Gasteiger charge is 2.14. The minimum Gasteiger partial charge on any atom is -0.493 e. The predicted molar refractivity (Wildman–Crippen MR) is 125 cm³/mol. The summed E-state index contributed by atoms with van der Waals surface area (Å²) in [6, 6.07) is 20.3. The second-order valence-electron chi connectivity index (χ2n) is 6.73. The molecular formula is C25H20N2O3S. The van der Waals surface area contributed by atoms with Gasteiger partial charge in [0.1, 0.15) is 11.1 Å². The van der Waals surface area contributed by atoms with Crippen molar-refractivity contribution >= 4 is 33.8 Å². The van der Waals surface area contributed by atoms with Crippen LogP contribution in [0.5, 0.6) is 17.2 Å². The van der Waals surface area contributed by atoms with Crippen molar-refractivity contribution in [3.8, 4) is 34.6 Å². The number of rotatable bonds is 6. The lowest BCUT2D eigenvalue weighted by molar-refractivity contribution is 0.324. The van der Waals surface area contributed by atoms with Gasteiger partial charge in [0.2, 0.25) is 5.75 Å². The highest BCUT2D eigenvalue weighted by atomic mass is 32.1. The van der Waals surface area contributed by atoms with Crippen molar-refractivity contribution in [2.75, 3.05) is 21.3 Å². The normalized spacial score (nSPS) is 11.2. The minimum absolute atomic E-state index is 0.464. The summed E-state index contributed by atoms with van der Waals surface area (Å²) in [5.74, 6) is 1.57. The highest BCUT2D eigenvalue weighted by Crippen LogP contribution is 2.39. The molecule has 5 nitrogen and oxygen atoms in total. The molecular weight excluding hydrogens is 408 g/mol. The number of nitriles is 1. The molecule has 0 N–H and O–H groups in total. The number of nitrogens with zero attached hydrogens (tertiary/aromatic N) is 2. The van der Waals surface area contributed by atoms with Crippen LogP contribution >= 0.6 is 11.3 Å². The molecule has 0 spiro atoms. The van der Waals surface area contributed by atoms with E-state index in [1.807, 2.05) is 17.5 Å². The number of methoxy groups -OCH3 is 3. The first-order chi connectivity index (χ1) is 15.2. The minimum atomic E-state index is 0.464. The average molecular weight is 429 g/mol. The third-order valence-corrected chi connectivity index (χ3v) is 5.77. The maximum Gasteiger partial charge on any atom is 0.203 e. The van der Waals surface area contributed by atoms with Gasteiger partial charge in [-0.1, -0.05) is 36.4 Å². The van der Waals surface area contributed by atoms with Crippen LogP contribution < -0.4 is 14.2 Å². The summed E-state index contributed by atoms with van der Waals surface area (Å²) < 4.78 is 16.2. The molecule has 4 aromatic rings. The van der Waals surface area contributed by atoms with Crippen LogP contribution in [0.2, 0.25) is 0 Å². The molecule has 0 atom stereocenters. The van der Waals surface area contributed by atoms with Crippen LogP contribution in [0.1, 0.15) is 10.6 Å². The molecule has 0 unspecified atom stereocenters. The van der Waals surface area contributed by atoms with Gasteiger partial charge in [0.25, 0.3) is 0 Å². The molecule has 0 aliphatic carbocycles. The molecule has 0 saturated heterocycles. The third-order valence-electron chi connectivity index (χ3n) is 4.90. The van der Waals surface area contributed by atoms with Gasteiger partial charge in [-0.15, -0.1) is 11.3 Å². The summed E-state index contributed by atoms with van der Waals surface area (Å²) >= 11 is 1.44. The summed E-state index contributed by atoms with van der Waals surface area (Å²) in [6.07, 6.45) is 1.77.